The van der Waals surface area contributed by atoms with Crippen LogP contribution in [0.25, 0.3) is 21.5 Å². The fraction of sp³-hybridized carbons (Fsp3) is 0.258. The summed E-state index contributed by atoms with van der Waals surface area (Å²) in [7, 11) is 0. The Morgan fingerprint density at radius 2 is 1.90 bits per heavy atom. The molecule has 2 fully saturated rings. The van der Waals surface area contributed by atoms with E-state index in [4.69, 9.17) is 44.1 Å². The van der Waals surface area contributed by atoms with E-state index in [0.717, 1.165) is 47.2 Å². The monoisotopic (exact) mass is 642 g/mol. The van der Waals surface area contributed by atoms with Crippen molar-refractivity contribution in [3.05, 3.63) is 96.9 Å². The summed E-state index contributed by atoms with van der Waals surface area (Å²) < 4.78 is 27.0. The molecule has 0 bridgehead atoms. The van der Waals surface area contributed by atoms with Crippen LogP contribution in [-0.2, 0) is 12.0 Å². The van der Waals surface area contributed by atoms with E-state index >= 15 is 0 Å². The van der Waals surface area contributed by atoms with Crippen LogP contribution < -0.4 is 4.74 Å². The van der Waals surface area contributed by atoms with Crippen molar-refractivity contribution < 1.29 is 23.6 Å². The predicted molar refractivity (Wildman–Crippen MR) is 161 cm³/mol. The highest BCUT2D eigenvalue weighted by Crippen LogP contribution is 2.62. The van der Waals surface area contributed by atoms with Gasteiger partial charge in [0.1, 0.15) is 29.3 Å². The van der Waals surface area contributed by atoms with Crippen molar-refractivity contribution in [2.45, 2.75) is 50.0 Å². The molecule has 5 aromatic rings. The lowest BCUT2D eigenvalue weighted by Gasteiger charge is -2.15. The van der Waals surface area contributed by atoms with Crippen molar-refractivity contribution in [3.8, 4) is 17.0 Å². The quantitative estimate of drug-likeness (QED) is 0.181. The van der Waals surface area contributed by atoms with Gasteiger partial charge in [-0.15, -0.1) is 11.3 Å². The summed E-state index contributed by atoms with van der Waals surface area (Å²) in [5.74, 6) is -0.0881. The number of carboxylic acids is 1. The topological polar surface area (TPSA) is 85.5 Å². The molecule has 7 rings (SSSR count). The molecule has 2 atom stereocenters. The van der Waals surface area contributed by atoms with Crippen LogP contribution in [0.2, 0.25) is 15.1 Å². The Bertz CT molecular complexity index is 1880. The van der Waals surface area contributed by atoms with Crippen LogP contribution in [-0.4, -0.2) is 21.2 Å². The number of fused-ring (bicyclic) bond motifs is 1. The van der Waals surface area contributed by atoms with Crippen molar-refractivity contribution in [2.75, 3.05) is 0 Å². The molecule has 1 N–H and O–H groups in total. The van der Waals surface area contributed by atoms with Gasteiger partial charge >= 0.3 is 5.97 Å². The Labute approximate surface area is 259 Å². The summed E-state index contributed by atoms with van der Waals surface area (Å²) in [6, 6.07) is 13.4. The summed E-state index contributed by atoms with van der Waals surface area (Å²) in [5.41, 5.74) is 2.76. The first kappa shape index (κ1) is 27.7. The lowest BCUT2D eigenvalue weighted by Crippen LogP contribution is -2.05. The number of rotatable bonds is 8. The number of aromatic nitrogens is 2. The number of hydrogen-bond donors (Lipinski definition) is 1. The molecule has 42 heavy (non-hydrogen) atoms. The van der Waals surface area contributed by atoms with Crippen molar-refractivity contribution in [1.82, 2.24) is 10.1 Å². The molecule has 2 aliphatic carbocycles. The van der Waals surface area contributed by atoms with Gasteiger partial charge in [0, 0.05) is 27.8 Å². The molecule has 0 amide bonds. The van der Waals surface area contributed by atoms with Gasteiger partial charge in [-0.1, -0.05) is 59.0 Å². The van der Waals surface area contributed by atoms with E-state index in [0.29, 0.717) is 42.7 Å². The zero-order valence-corrected chi connectivity index (χ0v) is 25.2. The molecule has 0 radical (unpaired) electrons. The summed E-state index contributed by atoms with van der Waals surface area (Å²) in [4.78, 5) is 15.9. The maximum absolute atomic E-state index is 14.6. The third-order valence-electron chi connectivity index (χ3n) is 8.15. The lowest BCUT2D eigenvalue weighted by atomic mass is 9.95. The van der Waals surface area contributed by atoms with E-state index in [1.165, 1.54) is 17.4 Å². The Hall–Kier alpha value is -3.17. The van der Waals surface area contributed by atoms with Crippen LogP contribution in [0.15, 0.2) is 53.1 Å². The molecule has 214 valence electrons. The first-order valence-electron chi connectivity index (χ1n) is 13.3. The predicted octanol–water partition coefficient (Wildman–Crippen LogP) is 9.65. The van der Waals surface area contributed by atoms with E-state index in [-0.39, 0.29) is 29.0 Å². The summed E-state index contributed by atoms with van der Waals surface area (Å²) in [6.07, 6.45) is 2.84. The van der Waals surface area contributed by atoms with Crippen LogP contribution >= 0.6 is 46.1 Å². The molecule has 0 aliphatic heterocycles. The Morgan fingerprint density at radius 1 is 1.14 bits per heavy atom. The molecular weight excluding hydrogens is 622 g/mol. The normalized spacial score (nSPS) is 19.8. The number of thiazole rings is 1. The number of aromatic carboxylic acids is 1. The van der Waals surface area contributed by atoms with Crippen LogP contribution in [0.1, 0.15) is 70.3 Å². The third kappa shape index (κ3) is 4.74. The van der Waals surface area contributed by atoms with Crippen molar-refractivity contribution in [3.63, 3.8) is 0 Å². The minimum Gasteiger partial charge on any atom is -0.489 e. The highest BCUT2D eigenvalue weighted by atomic mass is 35.5. The molecule has 11 heteroatoms. The largest absolute Gasteiger partial charge is 0.489 e. The molecule has 2 aromatic heterocycles. The van der Waals surface area contributed by atoms with Crippen molar-refractivity contribution in [2.24, 2.45) is 0 Å². The van der Waals surface area contributed by atoms with Gasteiger partial charge in [0.2, 0.25) is 0 Å². The highest BCUT2D eigenvalue weighted by Gasteiger charge is 2.54. The number of carbonyl (C=O) groups is 1. The first-order chi connectivity index (χ1) is 20.1. The van der Waals surface area contributed by atoms with E-state index in [9.17, 15) is 14.3 Å². The molecule has 6 nitrogen and oxygen atoms in total. The maximum atomic E-state index is 14.6. The average Bonchev–Trinajstić information content (AvgIpc) is 3.82. The van der Waals surface area contributed by atoms with E-state index < -0.39 is 11.8 Å². The van der Waals surface area contributed by atoms with E-state index in [1.807, 2.05) is 12.1 Å². The molecule has 0 spiro atoms. The Kier molecular flexibility index (Phi) is 6.73. The standard InChI is InChI=1S/C31H22Cl3FN2O4S/c1-31(12-19(31)29-36-27-23(35)9-15(30(38)39)10-24(27)42-29)18-8-7-16(11-22(18)34)40-13-17-26(37-41-28(17)14-5-6-14)25-20(32)3-2-4-21(25)33/h2-4,7-11,14,19H,5-6,12-13H2,1H3,(H,38,39). The second kappa shape index (κ2) is 10.2. The molecule has 2 unspecified atom stereocenters. The molecule has 0 saturated heterocycles. The second-order valence-corrected chi connectivity index (χ2v) is 13.3. The zero-order valence-electron chi connectivity index (χ0n) is 22.1. The summed E-state index contributed by atoms with van der Waals surface area (Å²) in [5, 5.41) is 15.9. The fourth-order valence-electron chi connectivity index (χ4n) is 5.55. The average molecular weight is 644 g/mol. The van der Waals surface area contributed by atoms with Gasteiger partial charge in [-0.2, -0.15) is 0 Å². The number of halogens is 4. The molecule has 2 saturated carbocycles. The van der Waals surface area contributed by atoms with Crippen molar-refractivity contribution in [1.29, 1.82) is 0 Å². The molecule has 3 aromatic carbocycles. The van der Waals surface area contributed by atoms with E-state index in [2.05, 4.69) is 17.1 Å². The van der Waals surface area contributed by atoms with Gasteiger partial charge in [-0.05, 0) is 61.2 Å². The SMILES string of the molecule is CC1(c2ccc(OCc3c(-c4c(Cl)cccc4Cl)noc3C3CC3)cc2Cl)CC1c1nc2c(F)cc(C(=O)O)cc2s1. The fourth-order valence-corrected chi connectivity index (χ4v) is 7.79. The molecule has 2 aliphatic rings. The Morgan fingerprint density at radius 3 is 2.60 bits per heavy atom. The summed E-state index contributed by atoms with van der Waals surface area (Å²) >= 11 is 21.1. The number of benzene rings is 3. The Balaban J connectivity index is 1.13. The highest BCUT2D eigenvalue weighted by molar-refractivity contribution is 7.18. The van der Waals surface area contributed by atoms with Crippen LogP contribution in [0.4, 0.5) is 4.39 Å². The van der Waals surface area contributed by atoms with Gasteiger partial charge in [0.15, 0.2) is 5.82 Å². The van der Waals surface area contributed by atoms with Gasteiger partial charge < -0.3 is 14.4 Å². The van der Waals surface area contributed by atoms with Gasteiger partial charge in [-0.25, -0.2) is 14.2 Å². The number of ether oxygens (including phenoxy) is 1. The van der Waals surface area contributed by atoms with Crippen LogP contribution in [0, 0.1) is 5.82 Å². The van der Waals surface area contributed by atoms with Crippen LogP contribution in [0.3, 0.4) is 0 Å². The lowest BCUT2D eigenvalue weighted by molar-refractivity contribution is 0.0696. The van der Waals surface area contributed by atoms with E-state index in [1.54, 1.807) is 24.3 Å². The smallest absolute Gasteiger partial charge is 0.335 e. The first-order valence-corrected chi connectivity index (χ1v) is 15.3. The third-order valence-corrected chi connectivity index (χ3v) is 10.2. The van der Waals surface area contributed by atoms with Crippen molar-refractivity contribution >= 4 is 62.3 Å². The summed E-state index contributed by atoms with van der Waals surface area (Å²) in [6.45, 7) is 2.31. The maximum Gasteiger partial charge on any atom is 0.335 e. The number of hydrogen-bond acceptors (Lipinski definition) is 6. The second-order valence-electron chi connectivity index (χ2n) is 11.0. The minimum atomic E-state index is -1.17. The molecular formula is C31H22Cl3FN2O4S. The van der Waals surface area contributed by atoms with Gasteiger partial charge in [-0.3, -0.25) is 0 Å². The van der Waals surface area contributed by atoms with Crippen LogP contribution in [0.5, 0.6) is 5.75 Å². The molecule has 2 heterocycles. The van der Waals surface area contributed by atoms with Gasteiger partial charge in [0.25, 0.3) is 0 Å². The van der Waals surface area contributed by atoms with Gasteiger partial charge in [0.05, 0.1) is 30.9 Å². The number of carboxylic acid groups (broad SMARTS) is 1. The number of nitrogens with zero attached hydrogens (tertiary/aromatic N) is 2. The zero-order chi connectivity index (χ0) is 29.3. The minimum absolute atomic E-state index is 0.0351.